The predicted molar refractivity (Wildman–Crippen MR) is 81.8 cm³/mol. The zero-order valence-corrected chi connectivity index (χ0v) is 13.4. The van der Waals surface area contributed by atoms with Crippen molar-refractivity contribution in [3.63, 3.8) is 0 Å². The van der Waals surface area contributed by atoms with E-state index in [1.807, 2.05) is 4.68 Å². The summed E-state index contributed by atoms with van der Waals surface area (Å²) < 4.78 is 2.05. The Morgan fingerprint density at radius 2 is 2.05 bits per heavy atom. The number of aromatic nitrogens is 3. The number of likely N-dealkylation sites (N-methyl/N-ethyl adjacent to an activating group) is 1. The molecule has 1 N–H and O–H groups in total. The number of rotatable bonds is 7. The molecule has 0 aliphatic carbocycles. The first-order valence-electron chi connectivity index (χ1n) is 7.88. The van der Waals surface area contributed by atoms with Gasteiger partial charge in [0.1, 0.15) is 12.2 Å². The highest BCUT2D eigenvalue weighted by atomic mass is 15.3. The second kappa shape index (κ2) is 6.68. The molecule has 5 heteroatoms. The van der Waals surface area contributed by atoms with Crippen LogP contribution in [0.5, 0.6) is 0 Å². The smallest absolute Gasteiger partial charge is 0.138 e. The van der Waals surface area contributed by atoms with E-state index in [1.165, 1.54) is 25.9 Å². The number of hydrogen-bond donors (Lipinski definition) is 1. The van der Waals surface area contributed by atoms with Crippen LogP contribution in [0, 0.1) is 0 Å². The fourth-order valence-corrected chi connectivity index (χ4v) is 3.25. The van der Waals surface area contributed by atoms with E-state index in [9.17, 15) is 0 Å². The average Bonchev–Trinajstić information content (AvgIpc) is 3.08. The number of nitrogens with zero attached hydrogens (tertiary/aromatic N) is 4. The van der Waals surface area contributed by atoms with Crippen LogP contribution in [0.2, 0.25) is 0 Å². The maximum absolute atomic E-state index is 4.46. The molecule has 0 spiro atoms. The molecule has 2 heterocycles. The molecule has 5 nitrogen and oxygen atoms in total. The molecule has 0 aromatic carbocycles. The number of hydrogen-bond acceptors (Lipinski definition) is 4. The van der Waals surface area contributed by atoms with Crippen LogP contribution in [0.25, 0.3) is 0 Å². The van der Waals surface area contributed by atoms with Gasteiger partial charge in [-0.1, -0.05) is 6.92 Å². The fourth-order valence-electron chi connectivity index (χ4n) is 3.25. The van der Waals surface area contributed by atoms with Crippen LogP contribution in [0.1, 0.15) is 45.9 Å². The fraction of sp³-hybridized carbons (Fsp3) is 0.867. The lowest BCUT2D eigenvalue weighted by molar-refractivity contribution is 0.108. The van der Waals surface area contributed by atoms with Crippen LogP contribution in [-0.4, -0.2) is 51.4 Å². The third-order valence-electron chi connectivity index (χ3n) is 4.64. The Labute approximate surface area is 122 Å². The quantitative estimate of drug-likeness (QED) is 0.825. The third-order valence-corrected chi connectivity index (χ3v) is 4.64. The van der Waals surface area contributed by atoms with E-state index in [0.29, 0.717) is 6.04 Å². The molecular formula is C15H29N5. The SMILES string of the molecule is CCCn1ncnc1CC(NC)C(C)(C)N1CCCC1. The van der Waals surface area contributed by atoms with Gasteiger partial charge in [-0.25, -0.2) is 4.98 Å². The van der Waals surface area contributed by atoms with Crippen molar-refractivity contribution in [2.24, 2.45) is 0 Å². The van der Waals surface area contributed by atoms with Crippen LogP contribution in [0.3, 0.4) is 0 Å². The molecule has 1 atom stereocenters. The van der Waals surface area contributed by atoms with Crippen molar-refractivity contribution in [3.8, 4) is 0 Å². The van der Waals surface area contributed by atoms with Crippen LogP contribution < -0.4 is 5.32 Å². The molecule has 1 aromatic heterocycles. The summed E-state index contributed by atoms with van der Waals surface area (Å²) >= 11 is 0. The molecule has 0 radical (unpaired) electrons. The summed E-state index contributed by atoms with van der Waals surface area (Å²) in [5, 5.41) is 7.84. The summed E-state index contributed by atoms with van der Waals surface area (Å²) in [6, 6.07) is 0.389. The highest BCUT2D eigenvalue weighted by Gasteiger charge is 2.36. The normalized spacial score (nSPS) is 18.6. The van der Waals surface area contributed by atoms with Gasteiger partial charge in [-0.05, 0) is 53.2 Å². The maximum Gasteiger partial charge on any atom is 0.138 e. The Hall–Kier alpha value is -0.940. The van der Waals surface area contributed by atoms with Crippen molar-refractivity contribution in [1.29, 1.82) is 0 Å². The topological polar surface area (TPSA) is 46.0 Å². The Kier molecular flexibility index (Phi) is 5.16. The Morgan fingerprint density at radius 3 is 2.65 bits per heavy atom. The van der Waals surface area contributed by atoms with E-state index >= 15 is 0 Å². The van der Waals surface area contributed by atoms with Crippen LogP contribution in [0.15, 0.2) is 6.33 Å². The molecule has 1 aromatic rings. The molecule has 20 heavy (non-hydrogen) atoms. The predicted octanol–water partition coefficient (Wildman–Crippen LogP) is 1.69. The molecule has 0 bridgehead atoms. The Bertz CT molecular complexity index is 406. The first-order chi connectivity index (χ1) is 9.59. The molecule has 1 fully saturated rings. The molecule has 0 amide bonds. The van der Waals surface area contributed by atoms with Crippen molar-refractivity contribution in [1.82, 2.24) is 25.0 Å². The van der Waals surface area contributed by atoms with Gasteiger partial charge < -0.3 is 5.32 Å². The first kappa shape index (κ1) is 15.4. The lowest BCUT2D eigenvalue weighted by atomic mass is 9.90. The third kappa shape index (κ3) is 3.20. The number of likely N-dealkylation sites (tertiary alicyclic amines) is 1. The van der Waals surface area contributed by atoms with E-state index in [2.05, 4.69) is 48.1 Å². The van der Waals surface area contributed by atoms with Gasteiger partial charge in [0.15, 0.2) is 0 Å². The van der Waals surface area contributed by atoms with E-state index in [0.717, 1.165) is 25.2 Å². The van der Waals surface area contributed by atoms with E-state index < -0.39 is 0 Å². The summed E-state index contributed by atoms with van der Waals surface area (Å²) in [6.07, 6.45) is 6.36. The largest absolute Gasteiger partial charge is 0.315 e. The molecule has 2 rings (SSSR count). The van der Waals surface area contributed by atoms with Gasteiger partial charge >= 0.3 is 0 Å². The summed E-state index contributed by atoms with van der Waals surface area (Å²) in [5.74, 6) is 1.10. The molecular weight excluding hydrogens is 250 g/mol. The van der Waals surface area contributed by atoms with Gasteiger partial charge in [-0.3, -0.25) is 9.58 Å². The summed E-state index contributed by atoms with van der Waals surface area (Å²) in [6.45, 7) is 10.3. The van der Waals surface area contributed by atoms with Crippen molar-refractivity contribution >= 4 is 0 Å². The zero-order valence-electron chi connectivity index (χ0n) is 13.4. The van der Waals surface area contributed by atoms with Crippen molar-refractivity contribution in [2.75, 3.05) is 20.1 Å². The molecule has 1 saturated heterocycles. The second-order valence-electron chi connectivity index (χ2n) is 6.29. The maximum atomic E-state index is 4.46. The Morgan fingerprint density at radius 1 is 1.35 bits per heavy atom. The summed E-state index contributed by atoms with van der Waals surface area (Å²) in [4.78, 5) is 7.06. The van der Waals surface area contributed by atoms with Crippen LogP contribution in [0.4, 0.5) is 0 Å². The summed E-state index contributed by atoms with van der Waals surface area (Å²) in [7, 11) is 2.06. The van der Waals surface area contributed by atoms with E-state index in [-0.39, 0.29) is 5.54 Å². The zero-order chi connectivity index (χ0) is 14.6. The molecule has 1 aliphatic rings. The van der Waals surface area contributed by atoms with Gasteiger partial charge in [0.25, 0.3) is 0 Å². The van der Waals surface area contributed by atoms with Gasteiger partial charge in [-0.2, -0.15) is 5.10 Å². The van der Waals surface area contributed by atoms with Crippen LogP contribution >= 0.6 is 0 Å². The van der Waals surface area contributed by atoms with E-state index in [4.69, 9.17) is 0 Å². The van der Waals surface area contributed by atoms with Gasteiger partial charge in [0.2, 0.25) is 0 Å². The van der Waals surface area contributed by atoms with Gasteiger partial charge in [-0.15, -0.1) is 0 Å². The minimum atomic E-state index is 0.147. The molecule has 1 aliphatic heterocycles. The second-order valence-corrected chi connectivity index (χ2v) is 6.29. The molecule has 0 saturated carbocycles. The molecule has 114 valence electrons. The minimum Gasteiger partial charge on any atom is -0.315 e. The van der Waals surface area contributed by atoms with Crippen molar-refractivity contribution in [3.05, 3.63) is 12.2 Å². The van der Waals surface area contributed by atoms with E-state index in [1.54, 1.807) is 6.33 Å². The number of nitrogens with one attached hydrogen (secondary N) is 1. The van der Waals surface area contributed by atoms with Gasteiger partial charge in [0, 0.05) is 24.5 Å². The van der Waals surface area contributed by atoms with Crippen LogP contribution in [-0.2, 0) is 13.0 Å². The first-order valence-corrected chi connectivity index (χ1v) is 7.88. The lowest BCUT2D eigenvalue weighted by Crippen LogP contribution is -2.57. The standard InChI is InChI=1S/C15H29N5/c1-5-8-20-14(17-12-18-20)11-13(16-4)15(2,3)19-9-6-7-10-19/h12-13,16H,5-11H2,1-4H3. The minimum absolute atomic E-state index is 0.147. The number of aryl methyl sites for hydroxylation is 1. The highest BCUT2D eigenvalue weighted by molar-refractivity contribution is 5.01. The van der Waals surface area contributed by atoms with Crippen molar-refractivity contribution < 1.29 is 0 Å². The monoisotopic (exact) mass is 279 g/mol. The highest BCUT2D eigenvalue weighted by Crippen LogP contribution is 2.25. The molecule has 1 unspecified atom stereocenters. The van der Waals surface area contributed by atoms with Gasteiger partial charge in [0.05, 0.1) is 0 Å². The lowest BCUT2D eigenvalue weighted by Gasteiger charge is -2.42. The van der Waals surface area contributed by atoms with Crippen molar-refractivity contribution in [2.45, 2.75) is 64.6 Å². The Balaban J connectivity index is 2.09. The summed E-state index contributed by atoms with van der Waals surface area (Å²) in [5.41, 5.74) is 0.147. The average molecular weight is 279 g/mol.